The Morgan fingerprint density at radius 2 is 1.82 bits per heavy atom. The van der Waals surface area contributed by atoms with Gasteiger partial charge in [0.2, 0.25) is 0 Å². The molecule has 0 aliphatic rings. The van der Waals surface area contributed by atoms with Crippen LogP contribution in [0.1, 0.15) is 12.5 Å². The minimum atomic E-state index is -1.47. The second kappa shape index (κ2) is 5.35. The second-order valence-electron chi connectivity index (χ2n) is 4.85. The van der Waals surface area contributed by atoms with Crippen LogP contribution in [0.3, 0.4) is 0 Å². The molecule has 0 radical (unpaired) electrons. The van der Waals surface area contributed by atoms with E-state index in [4.69, 9.17) is 18.6 Å². The number of ether oxygens (including phenoxy) is 3. The molecule has 0 amide bonds. The van der Waals surface area contributed by atoms with Crippen LogP contribution in [0, 0.1) is 0 Å². The predicted molar refractivity (Wildman–Crippen MR) is 69.0 cm³/mol. The van der Waals surface area contributed by atoms with Gasteiger partial charge in [0.1, 0.15) is 14.3 Å². The lowest BCUT2D eigenvalue weighted by atomic mass is 10.3. The predicted octanol–water partition coefficient (Wildman–Crippen LogP) is 2.26. The van der Waals surface area contributed by atoms with E-state index in [9.17, 15) is 0 Å². The maximum atomic E-state index is 5.61. The lowest BCUT2D eigenvalue weighted by Crippen LogP contribution is -2.37. The first-order valence-electron chi connectivity index (χ1n) is 5.73. The Kier molecular flexibility index (Phi) is 4.54. The number of hydrogen-bond donors (Lipinski definition) is 0. The lowest BCUT2D eigenvalue weighted by Gasteiger charge is -2.28. The molecule has 0 fully saturated rings. The van der Waals surface area contributed by atoms with Crippen molar-refractivity contribution < 1.29 is 18.6 Å². The maximum absolute atomic E-state index is 5.61. The molecule has 1 aromatic rings. The minimum absolute atomic E-state index is 0.495. The Morgan fingerprint density at radius 1 is 1.24 bits per heavy atom. The van der Waals surface area contributed by atoms with E-state index < -0.39 is 14.0 Å². The van der Waals surface area contributed by atoms with Crippen molar-refractivity contribution >= 4 is 13.5 Å². The Bertz CT molecular complexity index is 350. The zero-order valence-electron chi connectivity index (χ0n) is 11.5. The summed E-state index contributed by atoms with van der Waals surface area (Å²) in [5, 5.41) is 1.01. The molecule has 4 nitrogen and oxygen atoms in total. The van der Waals surface area contributed by atoms with Crippen LogP contribution in [0.2, 0.25) is 19.6 Å². The van der Waals surface area contributed by atoms with Gasteiger partial charge >= 0.3 is 5.97 Å². The summed E-state index contributed by atoms with van der Waals surface area (Å²) in [5.41, 5.74) is 0.766. The van der Waals surface area contributed by atoms with Crippen LogP contribution in [0.5, 0.6) is 0 Å². The van der Waals surface area contributed by atoms with Gasteiger partial charge in [0, 0.05) is 20.8 Å². The fourth-order valence-corrected chi connectivity index (χ4v) is 2.60. The fraction of sp³-hybridized carbons (Fsp3) is 0.667. The van der Waals surface area contributed by atoms with Crippen molar-refractivity contribution in [2.24, 2.45) is 0 Å². The Hall–Kier alpha value is -0.623. The molecule has 1 rings (SSSR count). The average molecular weight is 258 g/mol. The Morgan fingerprint density at radius 3 is 2.18 bits per heavy atom. The van der Waals surface area contributed by atoms with Crippen molar-refractivity contribution in [3.8, 4) is 0 Å². The van der Waals surface area contributed by atoms with Gasteiger partial charge in [-0.15, -0.1) is 0 Å². The summed E-state index contributed by atoms with van der Waals surface area (Å²) in [6, 6.07) is 1.97. The third-order valence-corrected chi connectivity index (χ3v) is 4.30. The third kappa shape index (κ3) is 2.98. The van der Waals surface area contributed by atoms with E-state index in [-0.39, 0.29) is 0 Å². The average Bonchev–Trinajstić information content (AvgIpc) is 2.75. The van der Waals surface area contributed by atoms with Gasteiger partial charge in [0.05, 0.1) is 10.9 Å². The maximum Gasteiger partial charge on any atom is 0.314 e. The zero-order valence-corrected chi connectivity index (χ0v) is 12.5. The number of methoxy groups -OCH3 is 2. The van der Waals surface area contributed by atoms with Crippen LogP contribution in [-0.2, 0) is 20.2 Å². The molecule has 1 heterocycles. The van der Waals surface area contributed by atoms with Gasteiger partial charge < -0.3 is 18.6 Å². The summed E-state index contributed by atoms with van der Waals surface area (Å²) in [6.07, 6.45) is 1.65. The molecule has 0 saturated heterocycles. The van der Waals surface area contributed by atoms with Crippen molar-refractivity contribution in [1.29, 1.82) is 0 Å². The van der Waals surface area contributed by atoms with E-state index in [2.05, 4.69) is 19.6 Å². The van der Waals surface area contributed by atoms with Crippen molar-refractivity contribution in [1.82, 2.24) is 0 Å². The van der Waals surface area contributed by atoms with Gasteiger partial charge in [-0.1, -0.05) is 19.6 Å². The van der Waals surface area contributed by atoms with Gasteiger partial charge in [-0.05, 0) is 13.0 Å². The van der Waals surface area contributed by atoms with Gasteiger partial charge in [0.15, 0.2) is 0 Å². The van der Waals surface area contributed by atoms with E-state index in [1.54, 1.807) is 20.5 Å². The molecule has 0 aliphatic carbocycles. The molecular weight excluding hydrogens is 236 g/mol. The largest absolute Gasteiger partial charge is 0.474 e. The van der Waals surface area contributed by atoms with Crippen LogP contribution in [0.4, 0.5) is 0 Å². The molecule has 0 spiro atoms. The van der Waals surface area contributed by atoms with Gasteiger partial charge in [-0.3, -0.25) is 0 Å². The molecule has 0 aromatic carbocycles. The van der Waals surface area contributed by atoms with Crippen LogP contribution in [0.25, 0.3) is 0 Å². The first-order chi connectivity index (χ1) is 7.89. The van der Waals surface area contributed by atoms with Crippen molar-refractivity contribution in [3.63, 3.8) is 0 Å². The smallest absolute Gasteiger partial charge is 0.314 e. The second-order valence-corrected chi connectivity index (χ2v) is 9.84. The normalized spacial score (nSPS) is 13.1. The molecule has 5 heteroatoms. The zero-order chi connectivity index (χ0) is 13.1. The number of furan rings is 1. The highest BCUT2D eigenvalue weighted by Crippen LogP contribution is 2.28. The molecule has 0 atom stereocenters. The third-order valence-electron chi connectivity index (χ3n) is 2.56. The van der Waals surface area contributed by atoms with Crippen LogP contribution >= 0.6 is 0 Å². The Balaban J connectivity index is 3.08. The van der Waals surface area contributed by atoms with Crippen LogP contribution in [0.15, 0.2) is 16.7 Å². The first kappa shape index (κ1) is 14.4. The highest BCUT2D eigenvalue weighted by Gasteiger charge is 2.36. The lowest BCUT2D eigenvalue weighted by molar-refractivity contribution is -0.373. The summed E-state index contributed by atoms with van der Waals surface area (Å²) in [5.74, 6) is -1.16. The van der Waals surface area contributed by atoms with Crippen LogP contribution < -0.4 is 5.38 Å². The fourth-order valence-electron chi connectivity index (χ4n) is 1.60. The highest BCUT2D eigenvalue weighted by molar-refractivity contribution is 6.87. The monoisotopic (exact) mass is 258 g/mol. The Labute approximate surface area is 104 Å². The molecule has 0 N–H and O–H groups in total. The SMILES string of the molecule is CCOC(OC)(OC)c1coc([Si](C)(C)C)c1. The van der Waals surface area contributed by atoms with E-state index >= 15 is 0 Å². The molecule has 98 valence electrons. The molecule has 0 unspecified atom stereocenters. The number of rotatable bonds is 6. The molecule has 0 saturated carbocycles. The van der Waals surface area contributed by atoms with Crippen LogP contribution in [-0.4, -0.2) is 28.9 Å². The van der Waals surface area contributed by atoms with Crippen molar-refractivity contribution in [2.75, 3.05) is 20.8 Å². The highest BCUT2D eigenvalue weighted by atomic mass is 28.3. The molecule has 0 aliphatic heterocycles. The van der Waals surface area contributed by atoms with E-state index in [1.807, 2.05) is 13.0 Å². The van der Waals surface area contributed by atoms with Gasteiger partial charge in [-0.25, -0.2) is 0 Å². The molecule has 1 aromatic heterocycles. The molecule has 17 heavy (non-hydrogen) atoms. The van der Waals surface area contributed by atoms with E-state index in [1.165, 1.54) is 0 Å². The summed E-state index contributed by atoms with van der Waals surface area (Å²) < 4.78 is 21.9. The van der Waals surface area contributed by atoms with E-state index in [0.717, 1.165) is 10.9 Å². The molecule has 0 bridgehead atoms. The van der Waals surface area contributed by atoms with Gasteiger partial charge in [-0.2, -0.15) is 0 Å². The summed E-state index contributed by atoms with van der Waals surface area (Å²) >= 11 is 0. The summed E-state index contributed by atoms with van der Waals surface area (Å²) in [7, 11) is 1.64. The van der Waals surface area contributed by atoms with Crippen molar-refractivity contribution in [3.05, 3.63) is 17.9 Å². The van der Waals surface area contributed by atoms with Gasteiger partial charge in [0.25, 0.3) is 0 Å². The van der Waals surface area contributed by atoms with E-state index in [0.29, 0.717) is 6.61 Å². The first-order valence-corrected chi connectivity index (χ1v) is 9.23. The minimum Gasteiger partial charge on any atom is -0.474 e. The quantitative estimate of drug-likeness (QED) is 0.580. The summed E-state index contributed by atoms with van der Waals surface area (Å²) in [4.78, 5) is 0. The summed E-state index contributed by atoms with van der Waals surface area (Å²) in [6.45, 7) is 9.05. The number of hydrogen-bond acceptors (Lipinski definition) is 4. The standard InChI is InChI=1S/C12H22O4Si/c1-7-16-12(13-2,14-3)10-8-11(15-9-10)17(4,5)6/h8-9H,7H2,1-6H3. The topological polar surface area (TPSA) is 40.8 Å². The van der Waals surface area contributed by atoms with Crippen molar-refractivity contribution in [2.45, 2.75) is 32.5 Å². The molecular formula is C12H22O4Si.